The van der Waals surface area contributed by atoms with Gasteiger partial charge in [-0.3, -0.25) is 5.84 Å². The highest BCUT2D eigenvalue weighted by molar-refractivity contribution is 5.55. The van der Waals surface area contributed by atoms with Gasteiger partial charge in [-0.15, -0.1) is 0 Å². The number of benzene rings is 1. The highest BCUT2D eigenvalue weighted by Crippen LogP contribution is 2.23. The van der Waals surface area contributed by atoms with Crippen molar-refractivity contribution < 1.29 is 9.50 Å². The fourth-order valence-corrected chi connectivity index (χ4v) is 0.656. The van der Waals surface area contributed by atoms with Gasteiger partial charge in [0, 0.05) is 0 Å². The number of nitrogen functional groups attached to an aromatic ring is 1. The number of aromatic hydroxyl groups is 1. The van der Waals surface area contributed by atoms with Crippen LogP contribution in [0.1, 0.15) is 0 Å². The second-order valence-electron chi connectivity index (χ2n) is 1.78. The zero-order valence-corrected chi connectivity index (χ0v) is 5.13. The summed E-state index contributed by atoms with van der Waals surface area (Å²) in [6.07, 6.45) is 0. The number of nitrogens with one attached hydrogen (secondary N) is 1. The normalized spacial score (nSPS) is 9.40. The quantitative estimate of drug-likeness (QED) is 0.309. The fraction of sp³-hybridized carbons (Fsp3) is 0. The van der Waals surface area contributed by atoms with Crippen molar-refractivity contribution in [2.45, 2.75) is 0 Å². The van der Waals surface area contributed by atoms with E-state index in [1.165, 1.54) is 18.2 Å². The molecule has 0 saturated heterocycles. The molecule has 0 saturated carbocycles. The molecule has 1 aromatic carbocycles. The molecule has 1 rings (SSSR count). The Morgan fingerprint density at radius 3 is 2.60 bits per heavy atom. The Bertz CT molecular complexity index is 219. The van der Waals surface area contributed by atoms with Crippen molar-refractivity contribution in [3.8, 4) is 5.75 Å². The summed E-state index contributed by atoms with van der Waals surface area (Å²) in [5.41, 5.74) is 1.96. The predicted molar refractivity (Wildman–Crippen MR) is 35.9 cm³/mol. The standard InChI is InChI=1S/C6H7FN2O/c7-4-2-1-3-5(10)6(4)9-8/h1-3,9-10H,8H2. The largest absolute Gasteiger partial charge is 0.506 e. The summed E-state index contributed by atoms with van der Waals surface area (Å²) in [4.78, 5) is 0. The SMILES string of the molecule is NNc1c(O)cccc1F. The Morgan fingerprint density at radius 1 is 1.50 bits per heavy atom. The molecular weight excluding hydrogens is 135 g/mol. The second-order valence-corrected chi connectivity index (χ2v) is 1.78. The molecule has 1 aromatic rings. The summed E-state index contributed by atoms with van der Waals surface area (Å²) in [7, 11) is 0. The van der Waals surface area contributed by atoms with Crippen molar-refractivity contribution in [3.05, 3.63) is 24.0 Å². The van der Waals surface area contributed by atoms with E-state index in [1.807, 2.05) is 5.43 Å². The lowest BCUT2D eigenvalue weighted by atomic mass is 10.3. The number of rotatable bonds is 1. The molecule has 0 aliphatic heterocycles. The van der Waals surface area contributed by atoms with Crippen LogP contribution < -0.4 is 11.3 Å². The molecule has 0 bridgehead atoms. The van der Waals surface area contributed by atoms with Crippen LogP contribution in [0.4, 0.5) is 10.1 Å². The average molecular weight is 142 g/mol. The van der Waals surface area contributed by atoms with E-state index in [1.54, 1.807) is 0 Å². The predicted octanol–water partition coefficient (Wildman–Crippen LogP) is 0.817. The summed E-state index contributed by atoms with van der Waals surface area (Å²) in [6, 6.07) is 3.94. The molecule has 54 valence electrons. The molecule has 0 aromatic heterocycles. The van der Waals surface area contributed by atoms with Gasteiger partial charge in [0.1, 0.15) is 11.4 Å². The molecule has 0 aliphatic carbocycles. The summed E-state index contributed by atoms with van der Waals surface area (Å²) in [6.45, 7) is 0. The molecule has 0 heterocycles. The van der Waals surface area contributed by atoms with Crippen molar-refractivity contribution in [3.63, 3.8) is 0 Å². The zero-order chi connectivity index (χ0) is 7.56. The molecule has 0 unspecified atom stereocenters. The van der Waals surface area contributed by atoms with E-state index in [0.29, 0.717) is 0 Å². The van der Waals surface area contributed by atoms with Crippen LogP contribution >= 0.6 is 0 Å². The van der Waals surface area contributed by atoms with Crippen LogP contribution in [0.5, 0.6) is 5.75 Å². The van der Waals surface area contributed by atoms with Crippen molar-refractivity contribution >= 4 is 5.69 Å². The smallest absolute Gasteiger partial charge is 0.151 e. The van der Waals surface area contributed by atoms with Crippen LogP contribution in [0.2, 0.25) is 0 Å². The minimum absolute atomic E-state index is 0.0810. The minimum Gasteiger partial charge on any atom is -0.506 e. The van der Waals surface area contributed by atoms with Crippen LogP contribution in [0.3, 0.4) is 0 Å². The molecule has 4 N–H and O–H groups in total. The Hall–Kier alpha value is -1.29. The summed E-state index contributed by atoms with van der Waals surface area (Å²) < 4.78 is 12.5. The average Bonchev–Trinajstić information content (AvgIpc) is 1.88. The molecule has 0 amide bonds. The Kier molecular flexibility index (Phi) is 1.73. The third kappa shape index (κ3) is 1.01. The number of nitrogens with two attached hydrogens (primary N) is 1. The Balaban J connectivity index is 3.17. The number of anilines is 1. The van der Waals surface area contributed by atoms with Crippen molar-refractivity contribution in [1.82, 2.24) is 0 Å². The third-order valence-electron chi connectivity index (χ3n) is 1.14. The molecule has 4 heteroatoms. The lowest BCUT2D eigenvalue weighted by Crippen LogP contribution is -2.08. The molecule has 0 atom stereocenters. The van der Waals surface area contributed by atoms with E-state index in [-0.39, 0.29) is 11.4 Å². The summed E-state index contributed by atoms with van der Waals surface area (Å²) in [5, 5.41) is 8.91. The van der Waals surface area contributed by atoms with E-state index in [2.05, 4.69) is 0 Å². The second kappa shape index (κ2) is 2.53. The van der Waals surface area contributed by atoms with Gasteiger partial charge in [-0.25, -0.2) is 4.39 Å². The maximum absolute atomic E-state index is 12.5. The molecule has 0 fully saturated rings. The number of phenols is 1. The number of hydrazine groups is 1. The monoisotopic (exact) mass is 142 g/mol. The molecule has 0 aliphatic rings. The van der Waals surface area contributed by atoms with Crippen molar-refractivity contribution in [1.29, 1.82) is 0 Å². The Morgan fingerprint density at radius 2 is 2.20 bits per heavy atom. The lowest BCUT2D eigenvalue weighted by Gasteiger charge is -2.02. The topological polar surface area (TPSA) is 58.3 Å². The Labute approximate surface area is 57.3 Å². The van der Waals surface area contributed by atoms with Crippen LogP contribution in [0.15, 0.2) is 18.2 Å². The summed E-state index contributed by atoms with van der Waals surface area (Å²) >= 11 is 0. The van der Waals surface area contributed by atoms with Gasteiger partial charge in [0.15, 0.2) is 5.82 Å². The molecular formula is C6H7FN2O. The first-order valence-corrected chi connectivity index (χ1v) is 2.70. The molecule has 3 nitrogen and oxygen atoms in total. The van der Waals surface area contributed by atoms with E-state index >= 15 is 0 Å². The lowest BCUT2D eigenvalue weighted by molar-refractivity contribution is 0.472. The number of para-hydroxylation sites is 1. The van der Waals surface area contributed by atoms with E-state index < -0.39 is 5.82 Å². The van der Waals surface area contributed by atoms with Crippen LogP contribution in [0.25, 0.3) is 0 Å². The van der Waals surface area contributed by atoms with Crippen LogP contribution in [0, 0.1) is 5.82 Å². The van der Waals surface area contributed by atoms with Gasteiger partial charge in [-0.1, -0.05) is 6.07 Å². The minimum atomic E-state index is -0.567. The third-order valence-corrected chi connectivity index (χ3v) is 1.14. The fourth-order valence-electron chi connectivity index (χ4n) is 0.656. The maximum Gasteiger partial charge on any atom is 0.151 e. The zero-order valence-electron chi connectivity index (χ0n) is 5.13. The highest BCUT2D eigenvalue weighted by atomic mass is 19.1. The van der Waals surface area contributed by atoms with Crippen molar-refractivity contribution in [2.75, 3.05) is 5.43 Å². The highest BCUT2D eigenvalue weighted by Gasteiger charge is 2.03. The first kappa shape index (κ1) is 6.82. The first-order valence-electron chi connectivity index (χ1n) is 2.70. The molecule has 0 spiro atoms. The van der Waals surface area contributed by atoms with E-state index in [4.69, 9.17) is 10.9 Å². The maximum atomic E-state index is 12.5. The number of phenolic OH excluding ortho intramolecular Hbond substituents is 1. The number of hydrogen-bond donors (Lipinski definition) is 3. The van der Waals surface area contributed by atoms with E-state index in [9.17, 15) is 4.39 Å². The van der Waals surface area contributed by atoms with Gasteiger partial charge in [0.2, 0.25) is 0 Å². The van der Waals surface area contributed by atoms with Gasteiger partial charge >= 0.3 is 0 Å². The summed E-state index contributed by atoms with van der Waals surface area (Å²) in [5.74, 6) is 4.14. The van der Waals surface area contributed by atoms with E-state index in [0.717, 1.165) is 0 Å². The van der Waals surface area contributed by atoms with Crippen LogP contribution in [-0.4, -0.2) is 5.11 Å². The van der Waals surface area contributed by atoms with Crippen LogP contribution in [-0.2, 0) is 0 Å². The molecule has 10 heavy (non-hydrogen) atoms. The van der Waals surface area contributed by atoms with Gasteiger partial charge in [0.25, 0.3) is 0 Å². The van der Waals surface area contributed by atoms with Crippen molar-refractivity contribution in [2.24, 2.45) is 5.84 Å². The first-order chi connectivity index (χ1) is 4.75. The molecule has 0 radical (unpaired) electrons. The number of hydrogen-bond acceptors (Lipinski definition) is 3. The number of halogens is 1. The van der Waals surface area contributed by atoms with Gasteiger partial charge in [-0.2, -0.15) is 0 Å². The van der Waals surface area contributed by atoms with Gasteiger partial charge in [-0.05, 0) is 12.1 Å². The van der Waals surface area contributed by atoms with Gasteiger partial charge < -0.3 is 10.5 Å². The van der Waals surface area contributed by atoms with Gasteiger partial charge in [0.05, 0.1) is 0 Å².